The van der Waals surface area contributed by atoms with Crippen LogP contribution >= 0.6 is 27.3 Å². The number of hydrogen-bond donors (Lipinski definition) is 2. The fourth-order valence-corrected chi connectivity index (χ4v) is 3.92. The van der Waals surface area contributed by atoms with Gasteiger partial charge >= 0.3 is 0 Å². The second-order valence-corrected chi connectivity index (χ2v) is 7.00. The summed E-state index contributed by atoms with van der Waals surface area (Å²) in [6.45, 7) is 3.00. The Balaban J connectivity index is 1.88. The molecule has 2 atom stereocenters. The van der Waals surface area contributed by atoms with Crippen molar-refractivity contribution >= 4 is 27.3 Å². The lowest BCUT2D eigenvalue weighted by Gasteiger charge is -2.21. The molecule has 0 aromatic carbocycles. The highest BCUT2D eigenvalue weighted by Gasteiger charge is 2.21. The maximum atomic E-state index is 10.0. The molecule has 2 rings (SSSR count). The van der Waals surface area contributed by atoms with Gasteiger partial charge in [0.05, 0.1) is 6.10 Å². The minimum Gasteiger partial charge on any atom is -0.392 e. The summed E-state index contributed by atoms with van der Waals surface area (Å²) in [5.74, 6) is 0. The van der Waals surface area contributed by atoms with E-state index in [1.807, 2.05) is 11.3 Å². The first-order valence-electron chi connectivity index (χ1n) is 6.33. The SMILES string of the molecule is Cc1sc(CNC2CCCCCC2O)cc1Br. The number of thiophene rings is 1. The first kappa shape index (κ1) is 13.5. The molecule has 1 fully saturated rings. The van der Waals surface area contributed by atoms with Crippen molar-refractivity contribution in [3.8, 4) is 0 Å². The van der Waals surface area contributed by atoms with Crippen LogP contribution in [0.4, 0.5) is 0 Å². The summed E-state index contributed by atoms with van der Waals surface area (Å²) < 4.78 is 1.20. The van der Waals surface area contributed by atoms with E-state index in [2.05, 4.69) is 34.2 Å². The number of aliphatic hydroxyl groups is 1. The van der Waals surface area contributed by atoms with Crippen LogP contribution in [-0.2, 0) is 6.54 Å². The Bertz CT molecular complexity index is 347. The molecule has 0 aliphatic heterocycles. The summed E-state index contributed by atoms with van der Waals surface area (Å²) in [5, 5.41) is 13.5. The van der Waals surface area contributed by atoms with Crippen molar-refractivity contribution in [2.45, 2.75) is 57.7 Å². The van der Waals surface area contributed by atoms with E-state index in [4.69, 9.17) is 0 Å². The van der Waals surface area contributed by atoms with Gasteiger partial charge in [-0.15, -0.1) is 11.3 Å². The number of aryl methyl sites for hydroxylation is 1. The maximum absolute atomic E-state index is 10.0. The van der Waals surface area contributed by atoms with E-state index in [0.717, 1.165) is 19.4 Å². The molecule has 2 N–H and O–H groups in total. The summed E-state index contributed by atoms with van der Waals surface area (Å²) in [4.78, 5) is 2.66. The zero-order valence-electron chi connectivity index (χ0n) is 10.2. The van der Waals surface area contributed by atoms with Gasteiger partial charge in [-0.25, -0.2) is 0 Å². The molecule has 1 aliphatic rings. The monoisotopic (exact) mass is 317 g/mol. The molecule has 1 heterocycles. The summed E-state index contributed by atoms with van der Waals surface area (Å²) in [7, 11) is 0. The number of halogens is 1. The highest BCUT2D eigenvalue weighted by molar-refractivity contribution is 9.10. The van der Waals surface area contributed by atoms with E-state index in [9.17, 15) is 5.11 Å². The van der Waals surface area contributed by atoms with Crippen LogP contribution in [-0.4, -0.2) is 17.3 Å². The van der Waals surface area contributed by atoms with Gasteiger partial charge in [0.15, 0.2) is 0 Å². The van der Waals surface area contributed by atoms with Gasteiger partial charge in [-0.2, -0.15) is 0 Å². The summed E-state index contributed by atoms with van der Waals surface area (Å²) in [6.07, 6.45) is 5.56. The highest BCUT2D eigenvalue weighted by Crippen LogP contribution is 2.26. The van der Waals surface area contributed by atoms with Crippen molar-refractivity contribution in [1.82, 2.24) is 5.32 Å². The molecule has 0 radical (unpaired) electrons. The molecule has 17 heavy (non-hydrogen) atoms. The second-order valence-electron chi connectivity index (χ2n) is 4.81. The molecule has 96 valence electrons. The molecule has 1 aromatic rings. The van der Waals surface area contributed by atoms with Crippen LogP contribution in [0, 0.1) is 6.92 Å². The van der Waals surface area contributed by atoms with E-state index in [1.165, 1.54) is 33.5 Å². The van der Waals surface area contributed by atoms with Crippen molar-refractivity contribution in [2.24, 2.45) is 0 Å². The standard InChI is InChI=1S/C13H20BrNOS/c1-9-11(14)7-10(17-9)8-15-12-5-3-2-4-6-13(12)16/h7,12-13,15-16H,2-6,8H2,1H3. The number of aliphatic hydroxyl groups excluding tert-OH is 1. The minimum atomic E-state index is -0.165. The summed E-state index contributed by atoms with van der Waals surface area (Å²) in [6, 6.07) is 2.45. The lowest BCUT2D eigenvalue weighted by atomic mass is 10.1. The topological polar surface area (TPSA) is 32.3 Å². The molecule has 1 aromatic heterocycles. The van der Waals surface area contributed by atoms with Crippen LogP contribution in [0.1, 0.15) is 41.9 Å². The van der Waals surface area contributed by atoms with Crippen LogP contribution in [0.5, 0.6) is 0 Å². The van der Waals surface area contributed by atoms with Gasteiger partial charge in [0.1, 0.15) is 0 Å². The molecular weight excluding hydrogens is 298 g/mol. The first-order chi connectivity index (χ1) is 8.16. The van der Waals surface area contributed by atoms with Crippen LogP contribution in [0.2, 0.25) is 0 Å². The average Bonchev–Trinajstić information content (AvgIpc) is 2.50. The van der Waals surface area contributed by atoms with Gasteiger partial charge in [-0.1, -0.05) is 19.3 Å². The predicted octanol–water partition coefficient (Wildman–Crippen LogP) is 3.60. The van der Waals surface area contributed by atoms with E-state index < -0.39 is 0 Å². The van der Waals surface area contributed by atoms with Crippen LogP contribution in [0.25, 0.3) is 0 Å². The van der Waals surface area contributed by atoms with Gasteiger partial charge in [0, 0.05) is 26.8 Å². The van der Waals surface area contributed by atoms with Gasteiger partial charge in [-0.05, 0) is 41.8 Å². The van der Waals surface area contributed by atoms with Gasteiger partial charge in [0.2, 0.25) is 0 Å². The molecule has 2 nitrogen and oxygen atoms in total. The van der Waals surface area contributed by atoms with E-state index in [0.29, 0.717) is 0 Å². The van der Waals surface area contributed by atoms with Gasteiger partial charge in [0.25, 0.3) is 0 Å². The Morgan fingerprint density at radius 2 is 2.18 bits per heavy atom. The minimum absolute atomic E-state index is 0.165. The predicted molar refractivity (Wildman–Crippen MR) is 76.5 cm³/mol. The number of nitrogens with one attached hydrogen (secondary N) is 1. The van der Waals surface area contributed by atoms with Crippen molar-refractivity contribution in [3.63, 3.8) is 0 Å². The van der Waals surface area contributed by atoms with Crippen molar-refractivity contribution in [1.29, 1.82) is 0 Å². The normalized spacial score (nSPS) is 25.8. The molecule has 0 spiro atoms. The third-order valence-corrected chi connectivity index (χ3v) is 5.56. The Morgan fingerprint density at radius 1 is 1.41 bits per heavy atom. The van der Waals surface area contributed by atoms with Crippen LogP contribution < -0.4 is 5.32 Å². The third-order valence-electron chi connectivity index (χ3n) is 3.43. The molecule has 0 amide bonds. The zero-order valence-corrected chi connectivity index (χ0v) is 12.6. The molecule has 1 aliphatic carbocycles. The second kappa shape index (κ2) is 6.32. The Morgan fingerprint density at radius 3 is 2.88 bits per heavy atom. The highest BCUT2D eigenvalue weighted by atomic mass is 79.9. The first-order valence-corrected chi connectivity index (χ1v) is 7.94. The van der Waals surface area contributed by atoms with Crippen molar-refractivity contribution < 1.29 is 5.11 Å². The Hall–Kier alpha value is 0.100. The summed E-state index contributed by atoms with van der Waals surface area (Å²) >= 11 is 5.36. The van der Waals surface area contributed by atoms with Crippen LogP contribution in [0.15, 0.2) is 10.5 Å². The zero-order chi connectivity index (χ0) is 12.3. The molecule has 0 bridgehead atoms. The fourth-order valence-electron chi connectivity index (χ4n) is 2.36. The smallest absolute Gasteiger partial charge is 0.0693 e. The quantitative estimate of drug-likeness (QED) is 0.835. The van der Waals surface area contributed by atoms with E-state index in [-0.39, 0.29) is 12.1 Å². The average molecular weight is 318 g/mol. The number of hydrogen-bond acceptors (Lipinski definition) is 3. The fraction of sp³-hybridized carbons (Fsp3) is 0.692. The van der Waals surface area contributed by atoms with Gasteiger partial charge in [-0.3, -0.25) is 0 Å². The molecule has 2 unspecified atom stereocenters. The summed E-state index contributed by atoms with van der Waals surface area (Å²) in [5.41, 5.74) is 0. The molecule has 0 saturated heterocycles. The number of rotatable bonds is 3. The van der Waals surface area contributed by atoms with E-state index >= 15 is 0 Å². The van der Waals surface area contributed by atoms with Crippen LogP contribution in [0.3, 0.4) is 0 Å². The lowest BCUT2D eigenvalue weighted by Crippen LogP contribution is -2.38. The largest absolute Gasteiger partial charge is 0.392 e. The van der Waals surface area contributed by atoms with E-state index in [1.54, 1.807) is 0 Å². The Kier molecular flexibility index (Phi) is 5.03. The van der Waals surface area contributed by atoms with Gasteiger partial charge < -0.3 is 10.4 Å². The lowest BCUT2D eigenvalue weighted by molar-refractivity contribution is 0.119. The van der Waals surface area contributed by atoms with Crippen molar-refractivity contribution in [2.75, 3.05) is 0 Å². The third kappa shape index (κ3) is 3.78. The molecule has 4 heteroatoms. The Labute approximate surface area is 116 Å². The van der Waals surface area contributed by atoms with Crippen molar-refractivity contribution in [3.05, 3.63) is 20.3 Å². The molecular formula is C13H20BrNOS. The maximum Gasteiger partial charge on any atom is 0.0693 e. The molecule has 1 saturated carbocycles.